The monoisotopic (exact) mass is 374 g/mol. The number of ether oxygens (including phenoxy) is 1. The topological polar surface area (TPSA) is 107 Å². The minimum Gasteiger partial charge on any atom is -0.496 e. The highest BCUT2D eigenvalue weighted by atomic mass is 32.2. The zero-order valence-electron chi connectivity index (χ0n) is 14.6. The first kappa shape index (κ1) is 18.0. The van der Waals surface area contributed by atoms with Crippen molar-refractivity contribution < 1.29 is 17.6 Å². The molecule has 2 heterocycles. The quantitative estimate of drug-likeness (QED) is 0.705. The van der Waals surface area contributed by atoms with E-state index in [0.717, 1.165) is 5.56 Å². The summed E-state index contributed by atoms with van der Waals surface area (Å²) in [7, 11) is -2.19. The highest BCUT2D eigenvalue weighted by Crippen LogP contribution is 2.25. The molecule has 0 saturated carbocycles. The minimum absolute atomic E-state index is 0.111. The van der Waals surface area contributed by atoms with Crippen LogP contribution in [0.2, 0.25) is 0 Å². The van der Waals surface area contributed by atoms with Crippen LogP contribution in [0.3, 0.4) is 0 Å². The number of methoxy groups -OCH3 is 1. The lowest BCUT2D eigenvalue weighted by Crippen LogP contribution is -2.24. The van der Waals surface area contributed by atoms with Gasteiger partial charge < -0.3 is 9.15 Å². The van der Waals surface area contributed by atoms with E-state index in [9.17, 15) is 8.42 Å². The Morgan fingerprint density at radius 3 is 2.69 bits per heavy atom. The summed E-state index contributed by atoms with van der Waals surface area (Å²) in [4.78, 5) is 4.16. The summed E-state index contributed by atoms with van der Waals surface area (Å²) >= 11 is 0. The number of hydrogen-bond donors (Lipinski definition) is 1. The van der Waals surface area contributed by atoms with Gasteiger partial charge >= 0.3 is 0 Å². The van der Waals surface area contributed by atoms with Crippen molar-refractivity contribution in [2.24, 2.45) is 0 Å². The molecular formula is C17H18N4O4S. The second-order valence-electron chi connectivity index (χ2n) is 5.65. The average Bonchev–Trinajstić information content (AvgIpc) is 3.11. The maximum Gasteiger partial charge on any atom is 0.249 e. The van der Waals surface area contributed by atoms with Crippen LogP contribution < -0.4 is 9.46 Å². The van der Waals surface area contributed by atoms with E-state index >= 15 is 0 Å². The Morgan fingerprint density at radius 2 is 2.00 bits per heavy atom. The molecule has 1 aromatic carbocycles. The van der Waals surface area contributed by atoms with Crippen molar-refractivity contribution >= 4 is 10.0 Å². The molecule has 9 heteroatoms. The number of aryl methyl sites for hydroxylation is 2. The normalized spacial score (nSPS) is 11.5. The highest BCUT2D eigenvalue weighted by molar-refractivity contribution is 7.89. The summed E-state index contributed by atoms with van der Waals surface area (Å²) in [5.74, 6) is 1.08. The first-order valence-electron chi connectivity index (χ1n) is 7.78. The fraction of sp³-hybridized carbons (Fsp3) is 0.235. The Labute approximate surface area is 151 Å². The van der Waals surface area contributed by atoms with Crippen molar-refractivity contribution in [1.29, 1.82) is 0 Å². The van der Waals surface area contributed by atoms with Gasteiger partial charge in [-0.15, -0.1) is 10.2 Å². The number of sulfonamides is 1. The highest BCUT2D eigenvalue weighted by Gasteiger charge is 2.20. The first-order valence-corrected chi connectivity index (χ1v) is 9.26. The molecule has 136 valence electrons. The second-order valence-corrected chi connectivity index (χ2v) is 7.39. The van der Waals surface area contributed by atoms with Gasteiger partial charge in [-0.25, -0.2) is 13.1 Å². The molecule has 1 N–H and O–H groups in total. The lowest BCUT2D eigenvalue weighted by Gasteiger charge is -2.12. The van der Waals surface area contributed by atoms with Crippen LogP contribution in [0.15, 0.2) is 46.0 Å². The first-order chi connectivity index (χ1) is 12.4. The zero-order valence-corrected chi connectivity index (χ0v) is 15.4. The third kappa shape index (κ3) is 3.73. The Morgan fingerprint density at radius 1 is 1.19 bits per heavy atom. The van der Waals surface area contributed by atoms with E-state index < -0.39 is 10.0 Å². The van der Waals surface area contributed by atoms with Gasteiger partial charge in [-0.05, 0) is 49.2 Å². The SMILES string of the molecule is COc1cc(C)c(S(=O)(=O)NCc2nnc(-c3cccnc3)o2)cc1C. The van der Waals surface area contributed by atoms with Crippen molar-refractivity contribution in [1.82, 2.24) is 19.9 Å². The van der Waals surface area contributed by atoms with E-state index in [2.05, 4.69) is 19.9 Å². The molecule has 0 aliphatic rings. The van der Waals surface area contributed by atoms with Gasteiger partial charge in [0, 0.05) is 12.4 Å². The molecule has 0 bridgehead atoms. The van der Waals surface area contributed by atoms with Gasteiger partial charge in [-0.2, -0.15) is 0 Å². The van der Waals surface area contributed by atoms with Gasteiger partial charge in [-0.1, -0.05) is 0 Å². The van der Waals surface area contributed by atoms with Crippen LogP contribution in [0, 0.1) is 13.8 Å². The van der Waals surface area contributed by atoms with Gasteiger partial charge in [0.05, 0.1) is 24.1 Å². The molecule has 0 amide bonds. The summed E-state index contributed by atoms with van der Waals surface area (Å²) in [6.07, 6.45) is 3.22. The average molecular weight is 374 g/mol. The molecule has 0 spiro atoms. The van der Waals surface area contributed by atoms with Crippen molar-refractivity contribution in [2.45, 2.75) is 25.3 Å². The van der Waals surface area contributed by atoms with Crippen LogP contribution in [0.4, 0.5) is 0 Å². The molecule has 3 rings (SSSR count). The Kier molecular flexibility index (Phi) is 5.01. The van der Waals surface area contributed by atoms with Crippen LogP contribution in [0.5, 0.6) is 5.75 Å². The van der Waals surface area contributed by atoms with Crippen LogP contribution in [0.25, 0.3) is 11.5 Å². The van der Waals surface area contributed by atoms with Crippen molar-refractivity contribution in [2.75, 3.05) is 7.11 Å². The number of rotatable bonds is 6. The summed E-state index contributed by atoms with van der Waals surface area (Å²) in [6, 6.07) is 6.79. The van der Waals surface area contributed by atoms with E-state index in [4.69, 9.17) is 9.15 Å². The van der Waals surface area contributed by atoms with E-state index in [1.165, 1.54) is 0 Å². The summed E-state index contributed by atoms with van der Waals surface area (Å²) in [5, 5.41) is 7.77. The van der Waals surface area contributed by atoms with E-state index in [-0.39, 0.29) is 23.2 Å². The van der Waals surface area contributed by atoms with Gasteiger partial charge in [0.1, 0.15) is 5.75 Å². The Bertz CT molecular complexity index is 1020. The maximum absolute atomic E-state index is 12.6. The largest absolute Gasteiger partial charge is 0.496 e. The number of hydrogen-bond acceptors (Lipinski definition) is 7. The lowest BCUT2D eigenvalue weighted by molar-refractivity contribution is 0.411. The Hall–Kier alpha value is -2.78. The standard InChI is InChI=1S/C17H18N4O4S/c1-11-8-15(12(2)7-14(11)24-3)26(22,23)19-10-16-20-21-17(25-16)13-5-4-6-18-9-13/h4-9,19H,10H2,1-3H3. The van der Waals surface area contributed by atoms with Gasteiger partial charge in [-0.3, -0.25) is 4.98 Å². The number of pyridine rings is 1. The smallest absolute Gasteiger partial charge is 0.249 e. The maximum atomic E-state index is 12.6. The molecule has 0 aliphatic carbocycles. The molecule has 0 unspecified atom stereocenters. The molecule has 0 atom stereocenters. The number of nitrogens with zero attached hydrogens (tertiary/aromatic N) is 3. The molecule has 8 nitrogen and oxygen atoms in total. The van der Waals surface area contributed by atoms with Crippen LogP contribution in [-0.4, -0.2) is 30.7 Å². The molecule has 2 aromatic heterocycles. The fourth-order valence-electron chi connectivity index (χ4n) is 2.44. The summed E-state index contributed by atoms with van der Waals surface area (Å²) < 4.78 is 38.4. The molecule has 26 heavy (non-hydrogen) atoms. The van der Waals surface area contributed by atoms with Crippen molar-refractivity contribution in [3.63, 3.8) is 0 Å². The second kappa shape index (κ2) is 7.22. The van der Waals surface area contributed by atoms with Crippen LogP contribution in [0.1, 0.15) is 17.0 Å². The van der Waals surface area contributed by atoms with Gasteiger partial charge in [0.15, 0.2) is 0 Å². The van der Waals surface area contributed by atoms with Crippen molar-refractivity contribution in [3.05, 3.63) is 53.7 Å². The minimum atomic E-state index is -3.74. The van der Waals surface area contributed by atoms with Crippen LogP contribution in [-0.2, 0) is 16.6 Å². The number of aromatic nitrogens is 3. The van der Waals surface area contributed by atoms with Gasteiger partial charge in [0.2, 0.25) is 21.8 Å². The number of benzene rings is 1. The molecular weight excluding hydrogens is 356 g/mol. The third-order valence-electron chi connectivity index (χ3n) is 3.77. The van der Waals surface area contributed by atoms with Crippen LogP contribution >= 0.6 is 0 Å². The van der Waals surface area contributed by atoms with E-state index in [0.29, 0.717) is 16.9 Å². The predicted octanol–water partition coefficient (Wildman–Crippen LogP) is 2.24. The zero-order chi connectivity index (χ0) is 18.7. The molecule has 3 aromatic rings. The summed E-state index contributed by atoms with van der Waals surface area (Å²) in [6.45, 7) is 3.39. The summed E-state index contributed by atoms with van der Waals surface area (Å²) in [5.41, 5.74) is 1.98. The van der Waals surface area contributed by atoms with E-state index in [1.807, 2.05) is 0 Å². The third-order valence-corrected chi connectivity index (χ3v) is 5.31. The molecule has 0 fully saturated rings. The molecule has 0 radical (unpaired) electrons. The van der Waals surface area contributed by atoms with E-state index in [1.54, 1.807) is 57.6 Å². The molecule has 0 saturated heterocycles. The molecule has 0 aliphatic heterocycles. The van der Waals surface area contributed by atoms with Gasteiger partial charge in [0.25, 0.3) is 0 Å². The fourth-order valence-corrected chi connectivity index (χ4v) is 3.72. The predicted molar refractivity (Wildman–Crippen MR) is 94.0 cm³/mol. The lowest BCUT2D eigenvalue weighted by atomic mass is 10.1. The number of nitrogens with one attached hydrogen (secondary N) is 1. The van der Waals surface area contributed by atoms with Crippen molar-refractivity contribution in [3.8, 4) is 17.2 Å². The Balaban J connectivity index is 1.77.